The summed E-state index contributed by atoms with van der Waals surface area (Å²) in [5, 5.41) is 5.78. The molecule has 1 aromatic heterocycles. The Morgan fingerprint density at radius 1 is 0.884 bits per heavy atom. The minimum atomic E-state index is -0.716. The summed E-state index contributed by atoms with van der Waals surface area (Å²) in [7, 11) is 1.54. The Kier molecular flexibility index (Phi) is 7.35. The van der Waals surface area contributed by atoms with E-state index < -0.39 is 29.6 Å². The summed E-state index contributed by atoms with van der Waals surface area (Å²) in [6.45, 7) is -0.0506. The number of anilines is 1. The first-order valence-electron chi connectivity index (χ1n) is 13.4. The fraction of sp³-hybridized carbons (Fsp3) is 0.125. The number of hydrogen-bond acceptors (Lipinski definition) is 7. The maximum absolute atomic E-state index is 13.8. The van der Waals surface area contributed by atoms with Crippen molar-refractivity contribution in [2.24, 2.45) is 0 Å². The number of nitrogens with zero attached hydrogens (tertiary/aromatic N) is 2. The maximum Gasteiger partial charge on any atom is 0.336 e. The van der Waals surface area contributed by atoms with E-state index in [2.05, 4.69) is 10.6 Å². The Morgan fingerprint density at radius 3 is 2.42 bits per heavy atom. The highest BCUT2D eigenvalue weighted by atomic mass is 16.7. The van der Waals surface area contributed by atoms with E-state index in [-0.39, 0.29) is 29.8 Å². The molecule has 1 aliphatic heterocycles. The Balaban J connectivity index is 1.34. The van der Waals surface area contributed by atoms with Crippen molar-refractivity contribution in [2.75, 3.05) is 19.2 Å². The molecule has 11 heteroatoms. The molecule has 2 heterocycles. The molecule has 0 radical (unpaired) electrons. The van der Waals surface area contributed by atoms with Crippen molar-refractivity contribution in [3.8, 4) is 22.9 Å². The zero-order valence-electron chi connectivity index (χ0n) is 23.0. The molecule has 216 valence electrons. The van der Waals surface area contributed by atoms with Crippen molar-refractivity contribution < 1.29 is 23.8 Å². The van der Waals surface area contributed by atoms with Crippen LogP contribution < -0.4 is 36.1 Å². The number of fused-ring (bicyclic) bond motifs is 2. The van der Waals surface area contributed by atoms with Crippen LogP contribution in [0.25, 0.3) is 16.6 Å². The number of benzene rings is 4. The third-order valence-electron chi connectivity index (χ3n) is 6.99. The zero-order valence-corrected chi connectivity index (χ0v) is 23.0. The second-order valence-corrected chi connectivity index (χ2v) is 9.72. The van der Waals surface area contributed by atoms with Gasteiger partial charge in [-0.25, -0.2) is 9.36 Å². The average molecular weight is 579 g/mol. The van der Waals surface area contributed by atoms with Gasteiger partial charge in [-0.3, -0.25) is 19.0 Å². The normalized spacial score (nSPS) is 11.7. The van der Waals surface area contributed by atoms with Crippen LogP contribution >= 0.6 is 0 Å². The van der Waals surface area contributed by atoms with Crippen molar-refractivity contribution >= 4 is 28.4 Å². The summed E-state index contributed by atoms with van der Waals surface area (Å²) in [6.07, 6.45) is 0. The van der Waals surface area contributed by atoms with Crippen LogP contribution in [-0.2, 0) is 17.9 Å². The smallest absolute Gasteiger partial charge is 0.336 e. The first-order chi connectivity index (χ1) is 20.9. The van der Waals surface area contributed by atoms with E-state index in [0.717, 1.165) is 10.1 Å². The maximum atomic E-state index is 13.8. The molecule has 1 aliphatic rings. The van der Waals surface area contributed by atoms with E-state index in [4.69, 9.17) is 14.2 Å². The van der Waals surface area contributed by atoms with Gasteiger partial charge in [0.15, 0.2) is 11.5 Å². The van der Waals surface area contributed by atoms with Crippen molar-refractivity contribution in [2.45, 2.75) is 13.1 Å². The topological polar surface area (TPSA) is 130 Å². The van der Waals surface area contributed by atoms with Gasteiger partial charge in [-0.1, -0.05) is 24.3 Å². The highest BCUT2D eigenvalue weighted by Gasteiger charge is 2.19. The van der Waals surface area contributed by atoms with Gasteiger partial charge in [0.05, 0.1) is 23.7 Å². The summed E-state index contributed by atoms with van der Waals surface area (Å²) in [5.41, 5.74) is 0.752. The quantitative estimate of drug-likeness (QED) is 0.289. The first kappa shape index (κ1) is 27.3. The molecule has 2 N–H and O–H groups in total. The summed E-state index contributed by atoms with van der Waals surface area (Å²) in [4.78, 5) is 53.6. The minimum Gasteiger partial charge on any atom is -0.497 e. The molecular weight excluding hydrogens is 552 g/mol. The monoisotopic (exact) mass is 578 g/mol. The summed E-state index contributed by atoms with van der Waals surface area (Å²) >= 11 is 0. The van der Waals surface area contributed by atoms with E-state index in [1.54, 1.807) is 73.8 Å². The lowest BCUT2D eigenvalue weighted by molar-refractivity contribution is -0.116. The number of aromatic nitrogens is 2. The third-order valence-corrected chi connectivity index (χ3v) is 6.99. The van der Waals surface area contributed by atoms with E-state index in [1.165, 1.54) is 22.8 Å². The molecule has 0 spiro atoms. The molecule has 4 aromatic carbocycles. The number of carbonyl (C=O) groups excluding carboxylic acids is 2. The van der Waals surface area contributed by atoms with Crippen LogP contribution in [-0.4, -0.2) is 34.9 Å². The van der Waals surface area contributed by atoms with Gasteiger partial charge >= 0.3 is 5.69 Å². The van der Waals surface area contributed by atoms with Crippen LogP contribution in [0.4, 0.5) is 5.69 Å². The van der Waals surface area contributed by atoms with Crippen LogP contribution in [0.2, 0.25) is 0 Å². The predicted octanol–water partition coefficient (Wildman–Crippen LogP) is 3.46. The molecule has 2 amide bonds. The number of hydrogen-bond donors (Lipinski definition) is 2. The standard InChI is InChI=1S/C32H26N4O7/c1-41-24-11-9-22(10-12-24)34-29(37)18-35-26-16-21(30(38)33-17-20-7-14-27-28(15-20)43-19-42-27)8-13-25(26)31(39)36(32(35)40)23-5-3-2-4-6-23/h2-16H,17-19H2,1H3,(H,33,38)(H,34,37). The van der Waals surface area contributed by atoms with Gasteiger partial charge in [-0.15, -0.1) is 0 Å². The number of para-hydroxylation sites is 1. The van der Waals surface area contributed by atoms with Gasteiger partial charge in [-0.2, -0.15) is 0 Å². The van der Waals surface area contributed by atoms with Gasteiger partial charge in [0.2, 0.25) is 12.7 Å². The van der Waals surface area contributed by atoms with Crippen LogP contribution in [0, 0.1) is 0 Å². The first-order valence-corrected chi connectivity index (χ1v) is 13.4. The van der Waals surface area contributed by atoms with Crippen molar-refractivity contribution in [3.63, 3.8) is 0 Å². The molecular formula is C32H26N4O7. The molecule has 0 atom stereocenters. The van der Waals surface area contributed by atoms with Crippen molar-refractivity contribution in [3.05, 3.63) is 123 Å². The number of amides is 2. The Morgan fingerprint density at radius 2 is 1.65 bits per heavy atom. The van der Waals surface area contributed by atoms with Crippen molar-refractivity contribution in [1.82, 2.24) is 14.5 Å². The Labute approximate surface area is 244 Å². The van der Waals surface area contributed by atoms with Gasteiger partial charge in [-0.05, 0) is 72.3 Å². The third kappa shape index (κ3) is 5.55. The molecule has 0 aliphatic carbocycles. The van der Waals surface area contributed by atoms with E-state index >= 15 is 0 Å². The van der Waals surface area contributed by atoms with Gasteiger partial charge in [0, 0.05) is 17.8 Å². The van der Waals surface area contributed by atoms with Crippen LogP contribution in [0.15, 0.2) is 101 Å². The number of ether oxygens (including phenoxy) is 3. The lowest BCUT2D eigenvalue weighted by Gasteiger charge is -2.15. The molecule has 43 heavy (non-hydrogen) atoms. The molecule has 0 unspecified atom stereocenters. The predicted molar refractivity (Wildman–Crippen MR) is 159 cm³/mol. The fourth-order valence-corrected chi connectivity index (χ4v) is 4.82. The highest BCUT2D eigenvalue weighted by Crippen LogP contribution is 2.32. The highest BCUT2D eigenvalue weighted by molar-refractivity contribution is 5.98. The summed E-state index contributed by atoms with van der Waals surface area (Å²) in [6, 6.07) is 25.0. The number of rotatable bonds is 8. The number of methoxy groups -OCH3 is 1. The molecule has 0 saturated carbocycles. The van der Waals surface area contributed by atoms with E-state index in [1.807, 2.05) is 6.07 Å². The minimum absolute atomic E-state index is 0.147. The second kappa shape index (κ2) is 11.6. The lowest BCUT2D eigenvalue weighted by atomic mass is 10.1. The van der Waals surface area contributed by atoms with Crippen LogP contribution in [0.5, 0.6) is 17.2 Å². The Bertz CT molecular complexity index is 1970. The number of nitrogens with one attached hydrogen (secondary N) is 2. The zero-order chi connectivity index (χ0) is 29.9. The SMILES string of the molecule is COc1ccc(NC(=O)Cn2c(=O)n(-c3ccccc3)c(=O)c3ccc(C(=O)NCc4ccc5c(c4)OCO5)cc32)cc1. The molecule has 0 bridgehead atoms. The Hall–Kier alpha value is -5.84. The summed E-state index contributed by atoms with van der Waals surface area (Å²) < 4.78 is 18.1. The molecule has 11 nitrogen and oxygen atoms in total. The summed E-state index contributed by atoms with van der Waals surface area (Å²) in [5.74, 6) is 0.946. The number of carbonyl (C=O) groups is 2. The largest absolute Gasteiger partial charge is 0.497 e. The van der Waals surface area contributed by atoms with Gasteiger partial charge in [0.1, 0.15) is 12.3 Å². The second-order valence-electron chi connectivity index (χ2n) is 9.72. The lowest BCUT2D eigenvalue weighted by Crippen LogP contribution is -2.41. The molecule has 5 aromatic rings. The fourth-order valence-electron chi connectivity index (χ4n) is 4.82. The molecule has 0 fully saturated rings. The van der Waals surface area contributed by atoms with E-state index in [0.29, 0.717) is 28.6 Å². The molecule has 0 saturated heterocycles. The van der Waals surface area contributed by atoms with Crippen LogP contribution in [0.3, 0.4) is 0 Å². The average Bonchev–Trinajstić information content (AvgIpc) is 3.51. The van der Waals surface area contributed by atoms with E-state index in [9.17, 15) is 19.2 Å². The van der Waals surface area contributed by atoms with Gasteiger partial charge in [0.25, 0.3) is 11.5 Å². The van der Waals surface area contributed by atoms with Crippen LogP contribution in [0.1, 0.15) is 15.9 Å². The van der Waals surface area contributed by atoms with Crippen molar-refractivity contribution in [1.29, 1.82) is 0 Å². The molecule has 6 rings (SSSR count). The van der Waals surface area contributed by atoms with Gasteiger partial charge < -0.3 is 24.8 Å².